The van der Waals surface area contributed by atoms with Crippen LogP contribution in [-0.2, 0) is 14.4 Å². The first-order valence-electron chi connectivity index (χ1n) is 11.9. The molecule has 0 bridgehead atoms. The molecule has 176 valence electrons. The van der Waals surface area contributed by atoms with Gasteiger partial charge in [0.2, 0.25) is 18.2 Å². The third-order valence-corrected chi connectivity index (χ3v) is 8.38. The van der Waals surface area contributed by atoms with E-state index in [1.807, 2.05) is 29.5 Å². The summed E-state index contributed by atoms with van der Waals surface area (Å²) >= 11 is 1.61. The summed E-state index contributed by atoms with van der Waals surface area (Å²) in [6, 6.07) is 5.59. The Morgan fingerprint density at radius 2 is 2.03 bits per heavy atom. The van der Waals surface area contributed by atoms with Gasteiger partial charge < -0.3 is 20.0 Å². The van der Waals surface area contributed by atoms with Gasteiger partial charge in [-0.25, -0.2) is 4.98 Å². The number of carbonyl (C=O) groups excluding carboxylic acids is 3. The minimum absolute atomic E-state index is 0.0343. The van der Waals surface area contributed by atoms with E-state index in [1.54, 1.807) is 16.2 Å². The Morgan fingerprint density at radius 1 is 1.24 bits per heavy atom. The molecule has 2 unspecified atom stereocenters. The Labute approximate surface area is 197 Å². The minimum atomic E-state index is -0.492. The van der Waals surface area contributed by atoms with Crippen LogP contribution in [0.1, 0.15) is 32.6 Å². The summed E-state index contributed by atoms with van der Waals surface area (Å²) in [6.45, 7) is 5.93. The predicted molar refractivity (Wildman–Crippen MR) is 128 cm³/mol. The largest absolute Gasteiger partial charge is 0.369 e. The van der Waals surface area contributed by atoms with Crippen molar-refractivity contribution in [2.45, 2.75) is 38.6 Å². The van der Waals surface area contributed by atoms with E-state index >= 15 is 0 Å². The molecular weight excluding hydrogens is 438 g/mol. The number of piperidine rings is 1. The monoisotopic (exact) mass is 469 g/mol. The summed E-state index contributed by atoms with van der Waals surface area (Å²) in [5.74, 6) is -0.316. The number of likely N-dealkylation sites (tertiary alicyclic amines) is 2. The molecule has 9 heteroatoms. The molecule has 4 heterocycles. The molecule has 1 N–H and O–H groups in total. The van der Waals surface area contributed by atoms with Crippen molar-refractivity contribution in [1.29, 1.82) is 0 Å². The SMILES string of the molecule is CCC(NC(=O)C1CN(c2cccc3ncsc23)CC12CN(C=O)C2)C(=O)N1CCCCC1. The molecule has 0 radical (unpaired) electrons. The third kappa shape index (κ3) is 3.96. The molecule has 0 saturated carbocycles. The number of benzene rings is 1. The van der Waals surface area contributed by atoms with Crippen molar-refractivity contribution in [2.24, 2.45) is 11.3 Å². The van der Waals surface area contributed by atoms with E-state index in [0.29, 0.717) is 32.6 Å². The molecule has 0 aliphatic carbocycles. The highest BCUT2D eigenvalue weighted by Crippen LogP contribution is 2.46. The van der Waals surface area contributed by atoms with Gasteiger partial charge in [-0.1, -0.05) is 13.0 Å². The molecular formula is C24H31N5O3S. The molecule has 1 spiro atoms. The first-order valence-corrected chi connectivity index (χ1v) is 12.8. The lowest BCUT2D eigenvalue weighted by molar-refractivity contribution is -0.143. The normalized spacial score (nSPS) is 22.9. The van der Waals surface area contributed by atoms with E-state index < -0.39 is 6.04 Å². The summed E-state index contributed by atoms with van der Waals surface area (Å²) in [5, 5.41) is 3.09. The van der Waals surface area contributed by atoms with Gasteiger partial charge in [-0.3, -0.25) is 14.4 Å². The van der Waals surface area contributed by atoms with E-state index in [-0.39, 0.29) is 23.1 Å². The standard InChI is InChI=1S/C24H31N5O3S/c1-2-18(23(32)28-9-4-3-5-10-28)26-22(31)17-11-29(14-24(17)12-27(13-24)16-30)20-8-6-7-19-21(20)33-15-25-19/h6-8,15-18H,2-5,9-14H2,1H3,(H,26,31). The van der Waals surface area contributed by atoms with Crippen LogP contribution in [0.25, 0.3) is 10.2 Å². The van der Waals surface area contributed by atoms with Crippen molar-refractivity contribution in [3.8, 4) is 0 Å². The van der Waals surface area contributed by atoms with E-state index in [4.69, 9.17) is 0 Å². The van der Waals surface area contributed by atoms with Gasteiger partial charge in [0.1, 0.15) is 6.04 Å². The molecule has 3 saturated heterocycles. The summed E-state index contributed by atoms with van der Waals surface area (Å²) in [7, 11) is 0. The molecule has 33 heavy (non-hydrogen) atoms. The molecule has 3 aliphatic heterocycles. The first kappa shape index (κ1) is 22.1. The van der Waals surface area contributed by atoms with Crippen molar-refractivity contribution in [2.75, 3.05) is 44.2 Å². The highest BCUT2D eigenvalue weighted by atomic mass is 32.1. The fourth-order valence-corrected chi connectivity index (χ4v) is 6.57. The van der Waals surface area contributed by atoms with Crippen LogP contribution >= 0.6 is 11.3 Å². The second-order valence-electron chi connectivity index (χ2n) is 9.64. The van der Waals surface area contributed by atoms with Gasteiger partial charge in [0.15, 0.2) is 0 Å². The molecule has 1 aromatic heterocycles. The molecule has 2 atom stereocenters. The number of thiazole rings is 1. The van der Waals surface area contributed by atoms with Crippen LogP contribution in [0.4, 0.5) is 5.69 Å². The number of hydrogen-bond donors (Lipinski definition) is 1. The molecule has 3 amide bonds. The Bertz CT molecular complexity index is 1040. The van der Waals surface area contributed by atoms with Crippen LogP contribution < -0.4 is 10.2 Å². The van der Waals surface area contributed by atoms with Crippen LogP contribution in [0, 0.1) is 11.3 Å². The number of aromatic nitrogens is 1. The third-order valence-electron chi connectivity index (χ3n) is 7.52. The van der Waals surface area contributed by atoms with Gasteiger partial charge in [0.05, 0.1) is 27.3 Å². The van der Waals surface area contributed by atoms with E-state index in [0.717, 1.165) is 54.7 Å². The summed E-state index contributed by atoms with van der Waals surface area (Å²) in [6.07, 6.45) is 4.66. The van der Waals surface area contributed by atoms with Gasteiger partial charge in [-0.15, -0.1) is 11.3 Å². The van der Waals surface area contributed by atoms with Crippen LogP contribution in [0.3, 0.4) is 0 Å². The second kappa shape index (κ2) is 8.93. The zero-order valence-corrected chi connectivity index (χ0v) is 19.9. The molecule has 3 aliphatic rings. The van der Waals surface area contributed by atoms with Crippen molar-refractivity contribution in [3.05, 3.63) is 23.7 Å². The lowest BCUT2D eigenvalue weighted by Crippen LogP contribution is -2.63. The number of amides is 3. The number of fused-ring (bicyclic) bond motifs is 1. The van der Waals surface area contributed by atoms with Crippen molar-refractivity contribution in [1.82, 2.24) is 20.1 Å². The summed E-state index contributed by atoms with van der Waals surface area (Å²) in [5.41, 5.74) is 3.61. The van der Waals surface area contributed by atoms with E-state index in [2.05, 4.69) is 21.3 Å². The maximum absolute atomic E-state index is 13.6. The van der Waals surface area contributed by atoms with E-state index in [1.165, 1.54) is 0 Å². The average Bonchev–Trinajstić information content (AvgIpc) is 3.46. The fraction of sp³-hybridized carbons (Fsp3) is 0.583. The highest BCUT2D eigenvalue weighted by molar-refractivity contribution is 7.17. The zero-order valence-electron chi connectivity index (χ0n) is 19.0. The number of anilines is 1. The lowest BCUT2D eigenvalue weighted by atomic mass is 9.71. The summed E-state index contributed by atoms with van der Waals surface area (Å²) in [4.78, 5) is 48.3. The Hall–Kier alpha value is -2.68. The predicted octanol–water partition coefficient (Wildman–Crippen LogP) is 2.10. The smallest absolute Gasteiger partial charge is 0.245 e. The molecule has 5 rings (SSSR count). The van der Waals surface area contributed by atoms with Gasteiger partial charge in [0.25, 0.3) is 0 Å². The number of rotatable bonds is 6. The van der Waals surface area contributed by atoms with Gasteiger partial charge in [-0.2, -0.15) is 0 Å². The summed E-state index contributed by atoms with van der Waals surface area (Å²) < 4.78 is 1.12. The Morgan fingerprint density at radius 3 is 2.76 bits per heavy atom. The van der Waals surface area contributed by atoms with Crippen molar-refractivity contribution >= 4 is 45.5 Å². The maximum atomic E-state index is 13.6. The quantitative estimate of drug-likeness (QED) is 0.655. The van der Waals surface area contributed by atoms with Crippen molar-refractivity contribution < 1.29 is 14.4 Å². The van der Waals surface area contributed by atoms with Crippen LogP contribution in [0.2, 0.25) is 0 Å². The number of carbonyl (C=O) groups is 3. The average molecular weight is 470 g/mol. The number of nitrogens with one attached hydrogen (secondary N) is 1. The first-order chi connectivity index (χ1) is 16.0. The van der Waals surface area contributed by atoms with Crippen LogP contribution in [-0.4, -0.2) is 78.3 Å². The lowest BCUT2D eigenvalue weighted by Gasteiger charge is -2.48. The van der Waals surface area contributed by atoms with Crippen molar-refractivity contribution in [3.63, 3.8) is 0 Å². The van der Waals surface area contributed by atoms with Gasteiger partial charge in [-0.05, 0) is 37.8 Å². The fourth-order valence-electron chi connectivity index (χ4n) is 5.74. The Balaban J connectivity index is 1.36. The van der Waals surface area contributed by atoms with Gasteiger partial charge >= 0.3 is 0 Å². The molecule has 8 nitrogen and oxygen atoms in total. The van der Waals surface area contributed by atoms with Crippen LogP contribution in [0.15, 0.2) is 23.7 Å². The minimum Gasteiger partial charge on any atom is -0.369 e. The maximum Gasteiger partial charge on any atom is 0.245 e. The highest BCUT2D eigenvalue weighted by Gasteiger charge is 2.57. The zero-order chi connectivity index (χ0) is 23.0. The molecule has 1 aromatic carbocycles. The van der Waals surface area contributed by atoms with Crippen LogP contribution in [0.5, 0.6) is 0 Å². The number of nitrogens with zero attached hydrogens (tertiary/aromatic N) is 4. The molecule has 3 fully saturated rings. The number of hydrogen-bond acceptors (Lipinski definition) is 6. The topological polar surface area (TPSA) is 85.9 Å². The second-order valence-corrected chi connectivity index (χ2v) is 10.5. The Kier molecular flexibility index (Phi) is 5.99. The van der Waals surface area contributed by atoms with Gasteiger partial charge in [0, 0.05) is 44.7 Å². The van der Waals surface area contributed by atoms with E-state index in [9.17, 15) is 14.4 Å². The molecule has 2 aromatic rings.